The van der Waals surface area contributed by atoms with Crippen molar-refractivity contribution in [3.8, 4) is 11.5 Å². The van der Waals surface area contributed by atoms with Gasteiger partial charge in [0, 0.05) is 16.6 Å². The average molecular weight is 340 g/mol. The molecule has 2 rings (SSSR count). The van der Waals surface area contributed by atoms with Crippen LogP contribution >= 0.6 is 15.9 Å². The van der Waals surface area contributed by atoms with Gasteiger partial charge in [-0.25, -0.2) is 4.39 Å². The van der Waals surface area contributed by atoms with Crippen molar-refractivity contribution in [3.63, 3.8) is 0 Å². The molecule has 2 aromatic carbocycles. The van der Waals surface area contributed by atoms with Crippen LogP contribution in [0.25, 0.3) is 0 Å². The minimum atomic E-state index is -0.376. The molecule has 0 unspecified atom stereocenters. The van der Waals surface area contributed by atoms with Gasteiger partial charge in [0.15, 0.2) is 11.6 Å². The second-order valence-corrected chi connectivity index (χ2v) is 5.11. The van der Waals surface area contributed by atoms with Gasteiger partial charge in [-0.05, 0) is 42.5 Å². The summed E-state index contributed by atoms with van der Waals surface area (Å²) in [6.45, 7) is 0.898. The van der Waals surface area contributed by atoms with Crippen molar-refractivity contribution in [2.24, 2.45) is 0 Å². The van der Waals surface area contributed by atoms with Gasteiger partial charge in [0.2, 0.25) is 0 Å². The maximum absolute atomic E-state index is 13.5. The monoisotopic (exact) mass is 339 g/mol. The molecule has 2 aromatic rings. The first-order valence-electron chi connectivity index (χ1n) is 6.21. The van der Waals surface area contributed by atoms with E-state index in [2.05, 4.69) is 15.9 Å². The molecule has 0 saturated heterocycles. The number of nitrogens with two attached hydrogens (primary N) is 1. The molecular weight excluding hydrogens is 325 g/mol. The summed E-state index contributed by atoms with van der Waals surface area (Å²) in [4.78, 5) is 0. The van der Waals surface area contributed by atoms with E-state index in [4.69, 9.17) is 15.2 Å². The number of benzene rings is 2. The molecule has 20 heavy (non-hydrogen) atoms. The van der Waals surface area contributed by atoms with E-state index in [0.29, 0.717) is 29.8 Å². The highest BCUT2D eigenvalue weighted by Crippen LogP contribution is 2.21. The predicted octanol–water partition coefficient (Wildman–Crippen LogP) is 4.02. The second-order valence-electron chi connectivity index (χ2n) is 4.19. The van der Waals surface area contributed by atoms with Crippen LogP contribution in [0, 0.1) is 5.82 Å². The highest BCUT2D eigenvalue weighted by Gasteiger charge is 2.03. The van der Waals surface area contributed by atoms with Crippen LogP contribution in [0.1, 0.15) is 6.42 Å². The summed E-state index contributed by atoms with van der Waals surface area (Å²) < 4.78 is 25.0. The third-order valence-corrected chi connectivity index (χ3v) is 3.08. The smallest absolute Gasteiger partial charge is 0.166 e. The zero-order valence-electron chi connectivity index (χ0n) is 10.8. The zero-order chi connectivity index (χ0) is 14.4. The summed E-state index contributed by atoms with van der Waals surface area (Å²) in [6.07, 6.45) is 0.667. The summed E-state index contributed by atoms with van der Waals surface area (Å²) in [7, 11) is 0. The minimum absolute atomic E-state index is 0.251. The standard InChI is InChI=1S/C15H15BrFNO2/c16-11-2-7-15(14(17)10-11)20-9-1-8-19-13-5-3-12(18)4-6-13/h2-7,10H,1,8-9,18H2. The van der Waals surface area contributed by atoms with Crippen LogP contribution in [0.5, 0.6) is 11.5 Å². The molecule has 106 valence electrons. The lowest BCUT2D eigenvalue weighted by Gasteiger charge is -2.09. The summed E-state index contributed by atoms with van der Waals surface area (Å²) in [5.41, 5.74) is 6.28. The van der Waals surface area contributed by atoms with E-state index in [9.17, 15) is 4.39 Å². The molecule has 2 N–H and O–H groups in total. The molecule has 0 fully saturated rings. The van der Waals surface area contributed by atoms with E-state index < -0.39 is 0 Å². The van der Waals surface area contributed by atoms with Gasteiger partial charge in [-0.15, -0.1) is 0 Å². The van der Waals surface area contributed by atoms with Crippen LogP contribution in [0.15, 0.2) is 46.9 Å². The Bertz CT molecular complexity index is 560. The Hall–Kier alpha value is -1.75. The molecule has 0 radical (unpaired) electrons. The molecule has 3 nitrogen and oxygen atoms in total. The fraction of sp³-hybridized carbons (Fsp3) is 0.200. The Labute approximate surface area is 125 Å². The lowest BCUT2D eigenvalue weighted by molar-refractivity contribution is 0.241. The van der Waals surface area contributed by atoms with Crippen molar-refractivity contribution in [1.29, 1.82) is 0 Å². The van der Waals surface area contributed by atoms with E-state index >= 15 is 0 Å². The normalized spacial score (nSPS) is 10.3. The van der Waals surface area contributed by atoms with Crippen LogP contribution in [-0.2, 0) is 0 Å². The fourth-order valence-corrected chi connectivity index (χ4v) is 1.92. The van der Waals surface area contributed by atoms with Gasteiger partial charge in [0.25, 0.3) is 0 Å². The zero-order valence-corrected chi connectivity index (χ0v) is 12.4. The first kappa shape index (κ1) is 14.7. The number of anilines is 1. The average Bonchev–Trinajstić information content (AvgIpc) is 2.42. The number of ether oxygens (including phenoxy) is 2. The van der Waals surface area contributed by atoms with Crippen LogP contribution in [0.4, 0.5) is 10.1 Å². The molecule has 0 heterocycles. The number of halogens is 2. The van der Waals surface area contributed by atoms with Crippen LogP contribution in [0.3, 0.4) is 0 Å². The Balaban J connectivity index is 1.70. The van der Waals surface area contributed by atoms with E-state index in [1.807, 2.05) is 12.1 Å². The molecule has 0 aromatic heterocycles. The van der Waals surface area contributed by atoms with E-state index in [1.165, 1.54) is 6.07 Å². The van der Waals surface area contributed by atoms with E-state index in [1.54, 1.807) is 24.3 Å². The lowest BCUT2D eigenvalue weighted by Crippen LogP contribution is -2.05. The Morgan fingerprint density at radius 1 is 1.00 bits per heavy atom. The molecule has 0 saturated carbocycles. The molecule has 0 amide bonds. The van der Waals surface area contributed by atoms with Crippen molar-refractivity contribution in [2.45, 2.75) is 6.42 Å². The van der Waals surface area contributed by atoms with Gasteiger partial charge in [-0.1, -0.05) is 15.9 Å². The quantitative estimate of drug-likeness (QED) is 0.638. The molecule has 0 aliphatic heterocycles. The minimum Gasteiger partial charge on any atom is -0.493 e. The second kappa shape index (κ2) is 7.14. The van der Waals surface area contributed by atoms with Gasteiger partial charge in [-0.3, -0.25) is 0 Å². The summed E-state index contributed by atoms with van der Waals surface area (Å²) in [5, 5.41) is 0. The van der Waals surface area contributed by atoms with Gasteiger partial charge in [0.05, 0.1) is 13.2 Å². The van der Waals surface area contributed by atoms with Crippen LogP contribution in [0.2, 0.25) is 0 Å². The Kier molecular flexibility index (Phi) is 5.24. The molecule has 5 heteroatoms. The maximum Gasteiger partial charge on any atom is 0.166 e. The Morgan fingerprint density at radius 2 is 1.70 bits per heavy atom. The summed E-state index contributed by atoms with van der Waals surface area (Å²) in [6, 6.07) is 11.9. The van der Waals surface area contributed by atoms with Crippen molar-refractivity contribution < 1.29 is 13.9 Å². The van der Waals surface area contributed by atoms with Gasteiger partial charge < -0.3 is 15.2 Å². The fourth-order valence-electron chi connectivity index (χ4n) is 1.59. The SMILES string of the molecule is Nc1ccc(OCCCOc2ccc(Br)cc2F)cc1. The highest BCUT2D eigenvalue weighted by atomic mass is 79.9. The van der Waals surface area contributed by atoms with Crippen molar-refractivity contribution >= 4 is 21.6 Å². The van der Waals surface area contributed by atoms with Crippen molar-refractivity contribution in [2.75, 3.05) is 18.9 Å². The molecule has 0 atom stereocenters. The summed E-state index contributed by atoms with van der Waals surface area (Å²) >= 11 is 3.20. The number of nitrogen functional groups attached to an aromatic ring is 1. The first-order chi connectivity index (χ1) is 9.65. The van der Waals surface area contributed by atoms with Gasteiger partial charge in [-0.2, -0.15) is 0 Å². The van der Waals surface area contributed by atoms with Crippen molar-refractivity contribution in [3.05, 3.63) is 52.8 Å². The highest BCUT2D eigenvalue weighted by molar-refractivity contribution is 9.10. The van der Waals surface area contributed by atoms with E-state index in [-0.39, 0.29) is 11.6 Å². The third kappa shape index (κ3) is 4.42. The molecular formula is C15H15BrFNO2. The molecule has 0 aliphatic carbocycles. The van der Waals surface area contributed by atoms with Crippen molar-refractivity contribution in [1.82, 2.24) is 0 Å². The summed E-state index contributed by atoms with van der Waals surface area (Å²) in [5.74, 6) is 0.633. The number of hydrogen-bond acceptors (Lipinski definition) is 3. The first-order valence-corrected chi connectivity index (χ1v) is 7.00. The number of hydrogen-bond donors (Lipinski definition) is 1. The predicted molar refractivity (Wildman–Crippen MR) is 80.6 cm³/mol. The van der Waals surface area contributed by atoms with Gasteiger partial charge in [0.1, 0.15) is 5.75 Å². The molecule has 0 bridgehead atoms. The number of rotatable bonds is 6. The topological polar surface area (TPSA) is 44.5 Å². The molecule has 0 aliphatic rings. The van der Waals surface area contributed by atoms with Crippen LogP contribution in [-0.4, -0.2) is 13.2 Å². The largest absolute Gasteiger partial charge is 0.493 e. The van der Waals surface area contributed by atoms with E-state index in [0.717, 1.165) is 5.75 Å². The maximum atomic E-state index is 13.5. The Morgan fingerprint density at radius 3 is 2.40 bits per heavy atom. The molecule has 0 spiro atoms. The van der Waals surface area contributed by atoms with Gasteiger partial charge >= 0.3 is 0 Å². The third-order valence-electron chi connectivity index (χ3n) is 2.59. The lowest BCUT2D eigenvalue weighted by atomic mass is 10.3. The van der Waals surface area contributed by atoms with Crippen LogP contribution < -0.4 is 15.2 Å².